The first-order valence-corrected chi connectivity index (χ1v) is 7.44. The van der Waals surface area contributed by atoms with Crippen LogP contribution in [0.3, 0.4) is 0 Å². The summed E-state index contributed by atoms with van der Waals surface area (Å²) in [7, 11) is 3.71. The molecule has 20 heavy (non-hydrogen) atoms. The Balaban J connectivity index is 2.51. The van der Waals surface area contributed by atoms with Gasteiger partial charge in [0, 0.05) is 4.47 Å². The van der Waals surface area contributed by atoms with Crippen LogP contribution < -0.4 is 10.1 Å². The molecule has 0 spiro atoms. The normalized spacial score (nSPS) is 12.2. The fourth-order valence-corrected chi connectivity index (χ4v) is 3.20. The second kappa shape index (κ2) is 6.42. The van der Waals surface area contributed by atoms with Gasteiger partial charge in [-0.25, -0.2) is 0 Å². The minimum Gasteiger partial charge on any atom is -0.496 e. The molecule has 2 nitrogen and oxygen atoms in total. The number of hydrogen-bond acceptors (Lipinski definition) is 2. The molecule has 0 aromatic heterocycles. The van der Waals surface area contributed by atoms with Crippen LogP contribution in [0.5, 0.6) is 5.75 Å². The summed E-state index contributed by atoms with van der Waals surface area (Å²) in [5.41, 5.74) is 4.80. The van der Waals surface area contributed by atoms with E-state index in [2.05, 4.69) is 65.4 Å². The van der Waals surface area contributed by atoms with Crippen LogP contribution in [0.15, 0.2) is 40.9 Å². The highest BCUT2D eigenvalue weighted by atomic mass is 79.9. The first-order chi connectivity index (χ1) is 9.58. The molecule has 0 heterocycles. The molecule has 3 heteroatoms. The van der Waals surface area contributed by atoms with Gasteiger partial charge in [-0.3, -0.25) is 0 Å². The van der Waals surface area contributed by atoms with Crippen molar-refractivity contribution in [1.29, 1.82) is 0 Å². The lowest BCUT2D eigenvalue weighted by atomic mass is 9.95. The maximum absolute atomic E-state index is 5.44. The predicted octanol–water partition coefficient (Wildman–Crippen LogP) is 4.38. The SMILES string of the molecule is CNC(c1cc(C)c(OC)c(C)c1)c1ccccc1Br. The fraction of sp³-hybridized carbons (Fsp3) is 0.294. The minimum absolute atomic E-state index is 0.161. The van der Waals surface area contributed by atoms with Crippen LogP contribution in [0.4, 0.5) is 0 Å². The van der Waals surface area contributed by atoms with Crippen molar-refractivity contribution in [2.24, 2.45) is 0 Å². The molecule has 2 rings (SSSR count). The van der Waals surface area contributed by atoms with Crippen molar-refractivity contribution < 1.29 is 4.74 Å². The molecule has 0 bridgehead atoms. The predicted molar refractivity (Wildman–Crippen MR) is 87.5 cm³/mol. The van der Waals surface area contributed by atoms with E-state index in [1.54, 1.807) is 7.11 Å². The molecule has 2 aromatic rings. The van der Waals surface area contributed by atoms with Crippen molar-refractivity contribution in [3.05, 3.63) is 63.1 Å². The van der Waals surface area contributed by atoms with E-state index in [4.69, 9.17) is 4.74 Å². The van der Waals surface area contributed by atoms with Crippen LogP contribution in [-0.4, -0.2) is 14.2 Å². The molecule has 106 valence electrons. The number of halogens is 1. The molecular formula is C17H20BrNO. The van der Waals surface area contributed by atoms with Gasteiger partial charge in [-0.2, -0.15) is 0 Å². The van der Waals surface area contributed by atoms with Gasteiger partial charge in [0.25, 0.3) is 0 Å². The van der Waals surface area contributed by atoms with Crippen LogP contribution in [0.2, 0.25) is 0 Å². The van der Waals surface area contributed by atoms with Gasteiger partial charge in [-0.15, -0.1) is 0 Å². The average Bonchev–Trinajstić information content (AvgIpc) is 2.41. The van der Waals surface area contributed by atoms with Gasteiger partial charge in [0.05, 0.1) is 13.2 Å². The molecule has 0 aliphatic rings. The Morgan fingerprint density at radius 2 is 1.70 bits per heavy atom. The summed E-state index contributed by atoms with van der Waals surface area (Å²) in [6.45, 7) is 4.17. The van der Waals surface area contributed by atoms with Crippen LogP contribution in [0.25, 0.3) is 0 Å². The zero-order valence-electron chi connectivity index (χ0n) is 12.3. The largest absolute Gasteiger partial charge is 0.496 e. The Hall–Kier alpha value is -1.32. The highest BCUT2D eigenvalue weighted by Crippen LogP contribution is 2.32. The topological polar surface area (TPSA) is 21.3 Å². The maximum atomic E-state index is 5.44. The van der Waals surface area contributed by atoms with E-state index in [9.17, 15) is 0 Å². The Morgan fingerprint density at radius 1 is 1.10 bits per heavy atom. The highest BCUT2D eigenvalue weighted by molar-refractivity contribution is 9.10. The summed E-state index contributed by atoms with van der Waals surface area (Å²) >= 11 is 3.64. The Morgan fingerprint density at radius 3 is 2.20 bits per heavy atom. The number of methoxy groups -OCH3 is 1. The number of hydrogen-bond donors (Lipinski definition) is 1. The number of aryl methyl sites for hydroxylation is 2. The number of benzene rings is 2. The Labute approximate surface area is 129 Å². The Kier molecular flexibility index (Phi) is 4.84. The van der Waals surface area contributed by atoms with E-state index in [0.717, 1.165) is 21.3 Å². The van der Waals surface area contributed by atoms with E-state index in [-0.39, 0.29) is 6.04 Å². The second-order valence-electron chi connectivity index (χ2n) is 4.93. The highest BCUT2D eigenvalue weighted by Gasteiger charge is 2.16. The lowest BCUT2D eigenvalue weighted by Crippen LogP contribution is -2.18. The number of nitrogens with one attached hydrogen (secondary N) is 1. The zero-order chi connectivity index (χ0) is 14.7. The lowest BCUT2D eigenvalue weighted by Gasteiger charge is -2.21. The van der Waals surface area contributed by atoms with Gasteiger partial charge in [-0.05, 0) is 49.2 Å². The molecule has 0 aliphatic heterocycles. The van der Waals surface area contributed by atoms with Crippen molar-refractivity contribution >= 4 is 15.9 Å². The zero-order valence-corrected chi connectivity index (χ0v) is 13.9. The molecule has 1 unspecified atom stereocenters. The van der Waals surface area contributed by atoms with Crippen molar-refractivity contribution in [3.63, 3.8) is 0 Å². The first-order valence-electron chi connectivity index (χ1n) is 6.65. The molecule has 0 saturated carbocycles. The third-order valence-electron chi connectivity index (χ3n) is 3.53. The molecular weight excluding hydrogens is 314 g/mol. The van der Waals surface area contributed by atoms with Gasteiger partial charge in [0.1, 0.15) is 5.75 Å². The van der Waals surface area contributed by atoms with Gasteiger partial charge < -0.3 is 10.1 Å². The first kappa shape index (κ1) is 15.1. The minimum atomic E-state index is 0.161. The van der Waals surface area contributed by atoms with E-state index in [1.807, 2.05) is 13.1 Å². The summed E-state index contributed by atoms with van der Waals surface area (Å²) in [6.07, 6.45) is 0. The fourth-order valence-electron chi connectivity index (χ4n) is 2.68. The monoisotopic (exact) mass is 333 g/mol. The summed E-state index contributed by atoms with van der Waals surface area (Å²) in [5.74, 6) is 0.968. The van der Waals surface area contributed by atoms with Gasteiger partial charge in [-0.1, -0.05) is 46.3 Å². The molecule has 1 N–H and O–H groups in total. The molecule has 2 aromatic carbocycles. The van der Waals surface area contributed by atoms with E-state index < -0.39 is 0 Å². The molecule has 0 radical (unpaired) electrons. The average molecular weight is 334 g/mol. The maximum Gasteiger partial charge on any atom is 0.124 e. The summed E-state index contributed by atoms with van der Waals surface area (Å²) < 4.78 is 6.56. The third kappa shape index (κ3) is 2.89. The van der Waals surface area contributed by atoms with E-state index in [1.165, 1.54) is 11.1 Å². The molecule has 1 atom stereocenters. The van der Waals surface area contributed by atoms with Crippen LogP contribution in [0.1, 0.15) is 28.3 Å². The van der Waals surface area contributed by atoms with Crippen LogP contribution in [-0.2, 0) is 0 Å². The number of ether oxygens (including phenoxy) is 1. The van der Waals surface area contributed by atoms with Crippen molar-refractivity contribution in [1.82, 2.24) is 5.32 Å². The molecule has 0 aliphatic carbocycles. The van der Waals surface area contributed by atoms with Crippen molar-refractivity contribution in [2.45, 2.75) is 19.9 Å². The third-order valence-corrected chi connectivity index (χ3v) is 4.25. The molecule has 0 saturated heterocycles. The van der Waals surface area contributed by atoms with Gasteiger partial charge >= 0.3 is 0 Å². The van der Waals surface area contributed by atoms with Crippen molar-refractivity contribution in [3.8, 4) is 5.75 Å². The summed E-state index contributed by atoms with van der Waals surface area (Å²) in [4.78, 5) is 0. The van der Waals surface area contributed by atoms with Crippen LogP contribution >= 0.6 is 15.9 Å². The lowest BCUT2D eigenvalue weighted by molar-refractivity contribution is 0.408. The molecule has 0 amide bonds. The number of rotatable bonds is 4. The Bertz CT molecular complexity index is 587. The smallest absolute Gasteiger partial charge is 0.124 e. The summed E-state index contributed by atoms with van der Waals surface area (Å²) in [6, 6.07) is 12.8. The van der Waals surface area contributed by atoms with Crippen molar-refractivity contribution in [2.75, 3.05) is 14.2 Å². The quantitative estimate of drug-likeness (QED) is 0.896. The standard InChI is InChI=1S/C17H20BrNO/c1-11-9-13(10-12(2)17(11)20-4)16(19-3)14-7-5-6-8-15(14)18/h5-10,16,19H,1-4H3. The van der Waals surface area contributed by atoms with Gasteiger partial charge in [0.2, 0.25) is 0 Å². The van der Waals surface area contributed by atoms with Crippen LogP contribution in [0, 0.1) is 13.8 Å². The second-order valence-corrected chi connectivity index (χ2v) is 5.79. The summed E-state index contributed by atoms with van der Waals surface area (Å²) in [5, 5.41) is 3.40. The van der Waals surface area contributed by atoms with E-state index in [0.29, 0.717) is 0 Å². The van der Waals surface area contributed by atoms with Gasteiger partial charge in [0.15, 0.2) is 0 Å². The van der Waals surface area contributed by atoms with E-state index >= 15 is 0 Å². The molecule has 0 fully saturated rings.